The zero-order valence-electron chi connectivity index (χ0n) is 43.4. The van der Waals surface area contributed by atoms with Crippen LogP contribution in [0.3, 0.4) is 0 Å². The van der Waals surface area contributed by atoms with E-state index in [2.05, 4.69) is 88.3 Å². The Labute approximate surface area is 423 Å². The highest BCUT2D eigenvalue weighted by Gasteiger charge is 2.45. The lowest BCUT2D eigenvalue weighted by atomic mass is 9.72. The van der Waals surface area contributed by atoms with Gasteiger partial charge in [0, 0.05) is 73.9 Å². The maximum absolute atomic E-state index is 14.9. The molecule has 6 bridgehead atoms. The molecule has 2 aromatic heterocycles. The molecule has 8 rings (SSSR count). The van der Waals surface area contributed by atoms with Crippen molar-refractivity contribution in [3.63, 3.8) is 0 Å². The quantitative estimate of drug-likeness (QED) is 0.0579. The number of rotatable bonds is 13. The molecular formula is C56H72N9O7+. The van der Waals surface area contributed by atoms with Gasteiger partial charge in [-0.1, -0.05) is 65.0 Å². The molecule has 2 aliphatic heterocycles. The molecule has 2 N–H and O–H groups in total. The summed E-state index contributed by atoms with van der Waals surface area (Å²) in [6.45, 7) is 14.1. The molecule has 2 aromatic carbocycles. The molecule has 6 atom stereocenters. The van der Waals surface area contributed by atoms with E-state index >= 15 is 0 Å². The lowest BCUT2D eigenvalue weighted by Gasteiger charge is -2.36. The number of carbonyl (C=O) groups is 3. The predicted octanol–water partition coefficient (Wildman–Crippen LogP) is 7.98. The van der Waals surface area contributed by atoms with Crippen LogP contribution in [0.1, 0.15) is 107 Å². The minimum atomic E-state index is -1.03. The molecular weight excluding hydrogens is 911 g/mol. The third kappa shape index (κ3) is 11.3. The molecule has 0 radical (unpaired) electrons. The van der Waals surface area contributed by atoms with E-state index in [-0.39, 0.29) is 30.9 Å². The lowest BCUT2D eigenvalue weighted by Crippen LogP contribution is -2.62. The van der Waals surface area contributed by atoms with Gasteiger partial charge < -0.3 is 24.1 Å². The van der Waals surface area contributed by atoms with Gasteiger partial charge in [0.25, 0.3) is 5.91 Å². The molecule has 16 nitrogen and oxygen atoms in total. The number of esters is 1. The second kappa shape index (κ2) is 22.1. The summed E-state index contributed by atoms with van der Waals surface area (Å²) in [5, 5.41) is 6.05. The molecule has 1 saturated carbocycles. The van der Waals surface area contributed by atoms with Crippen LogP contribution < -0.4 is 15.5 Å². The van der Waals surface area contributed by atoms with Crippen LogP contribution in [0, 0.1) is 16.2 Å². The van der Waals surface area contributed by atoms with Crippen molar-refractivity contribution in [1.29, 1.82) is 0 Å². The molecule has 2 amide bonds. The number of allylic oxidation sites excluding steroid dienone is 1. The van der Waals surface area contributed by atoms with Gasteiger partial charge in [0.05, 0.1) is 55.7 Å². The summed E-state index contributed by atoms with van der Waals surface area (Å²) >= 11 is 0. The minimum absolute atomic E-state index is 0.148. The van der Waals surface area contributed by atoms with E-state index in [1.807, 2.05) is 62.5 Å². The van der Waals surface area contributed by atoms with Gasteiger partial charge in [0.1, 0.15) is 22.7 Å². The van der Waals surface area contributed by atoms with Crippen molar-refractivity contribution in [2.45, 2.75) is 142 Å². The summed E-state index contributed by atoms with van der Waals surface area (Å²) in [6, 6.07) is 17.1. The third-order valence-electron chi connectivity index (χ3n) is 14.9. The van der Waals surface area contributed by atoms with E-state index < -0.39 is 46.9 Å². The number of methoxy groups -OCH3 is 2. The first-order valence-electron chi connectivity index (χ1n) is 25.5. The van der Waals surface area contributed by atoms with Gasteiger partial charge >= 0.3 is 5.97 Å². The first-order chi connectivity index (χ1) is 34.5. The second-order valence-corrected chi connectivity index (χ2v) is 21.3. The zero-order chi connectivity index (χ0) is 51.3. The van der Waals surface area contributed by atoms with E-state index in [1.54, 1.807) is 27.5 Å². The van der Waals surface area contributed by atoms with Crippen LogP contribution in [-0.2, 0) is 61.7 Å². The Bertz CT molecular complexity index is 2740. The molecule has 1 saturated heterocycles. The number of likely N-dealkylation sites (N-methyl/N-ethyl adjacent to an activating group) is 1. The van der Waals surface area contributed by atoms with E-state index in [9.17, 15) is 19.3 Å². The largest absolute Gasteiger partial charge is 0.497 e. The number of amides is 2. The third-order valence-corrected chi connectivity index (χ3v) is 14.9. The van der Waals surface area contributed by atoms with Crippen LogP contribution in [0.5, 0.6) is 5.75 Å². The summed E-state index contributed by atoms with van der Waals surface area (Å²) in [7, 11) is 4.95. The smallest absolute Gasteiger partial charge is 0.324 e. The summed E-state index contributed by atoms with van der Waals surface area (Å²) < 4.78 is 19.5. The lowest BCUT2D eigenvalue weighted by molar-refractivity contribution is -0.734. The van der Waals surface area contributed by atoms with Crippen molar-refractivity contribution in [1.82, 2.24) is 30.3 Å². The topological polar surface area (TPSA) is 172 Å². The van der Waals surface area contributed by atoms with E-state index in [1.165, 1.54) is 21.1 Å². The number of hydrogen-bond acceptors (Lipinski definition) is 11. The van der Waals surface area contributed by atoms with Gasteiger partial charge in [-0.05, 0) is 109 Å². The number of nitrogens with one attached hydrogen (secondary N) is 2. The van der Waals surface area contributed by atoms with Gasteiger partial charge in [0.15, 0.2) is 6.04 Å². The molecule has 2 fully saturated rings. The highest BCUT2D eigenvalue weighted by atomic mass is 16.5. The molecule has 0 spiro atoms. The number of nitroso groups, excluding NO2 is 1. The zero-order valence-corrected chi connectivity index (χ0v) is 43.4. The fourth-order valence-corrected chi connectivity index (χ4v) is 11.1. The Kier molecular flexibility index (Phi) is 15.9. The number of nitrogens with zero attached hydrogens (tertiary/aromatic N) is 7. The fraction of sp³-hybridized carbons (Fsp3) is 0.518. The Morgan fingerprint density at radius 1 is 1.07 bits per heavy atom. The number of aromatic nitrogens is 2. The Morgan fingerprint density at radius 2 is 1.86 bits per heavy atom. The number of hydrogen-bond donors (Lipinski definition) is 2. The number of pyridine rings is 1. The van der Waals surface area contributed by atoms with Gasteiger partial charge in [-0.3, -0.25) is 24.4 Å². The van der Waals surface area contributed by atoms with Gasteiger partial charge in [-0.2, -0.15) is 4.99 Å². The standard InChI is InChI=1S/C56H71N9O7/c1-10-63-49-22-24-56(6)31-44(49)45(51(63)46-32-57-25-23-38(46)33-70-8)30-55(4,5)34-72-54(68)47-15-12-26-64(61-47)53(67)48(28-37-13-11-14-39(56)27-37)60-52(66)50(36(2)3)62(7)65(69)42-19-16-41(29-42)59-35-58-40-17-20-43(71-9)21-18-40/h11,13-14,17-18,20-25,27,32,36,41-42,47-48,50,61H,10,12,15-16,19,26,28-31,33-34H2,1-9H3/p+1/t41-,42-,47+,48+,50+,56?/m1/s1. The van der Waals surface area contributed by atoms with Crippen molar-refractivity contribution in [3.05, 3.63) is 111 Å². The van der Waals surface area contributed by atoms with Crippen LogP contribution in [0.15, 0.2) is 83.1 Å². The van der Waals surface area contributed by atoms with Crippen LogP contribution in [0.2, 0.25) is 0 Å². The SMILES string of the molecule is CCn1c2c3c(c1-c1cnccc1COC)CC(C)(C)COC(=O)[C@@H]1CCCN(N1)C(=O)[C@@H](NC(=O)[C@H](C(C)C)N(C)[N+](=O)[C@@H]1CC[C@@H](N=C=Nc4ccc(OC)cc4)C1)Cc1cccc(c1)C(C)(C=C2)C3. The minimum Gasteiger partial charge on any atom is -0.497 e. The molecule has 72 heavy (non-hydrogen) atoms. The maximum Gasteiger partial charge on any atom is 0.324 e. The van der Waals surface area contributed by atoms with Crippen LogP contribution >= 0.6 is 0 Å². The molecule has 2 aliphatic carbocycles. The number of carbonyl (C=O) groups excluding carboxylic acids is 3. The van der Waals surface area contributed by atoms with E-state index in [4.69, 9.17) is 14.2 Å². The second-order valence-electron chi connectivity index (χ2n) is 21.3. The fourth-order valence-electron chi connectivity index (χ4n) is 11.1. The summed E-state index contributed by atoms with van der Waals surface area (Å²) in [4.78, 5) is 72.1. The Balaban J connectivity index is 1.09. The predicted molar refractivity (Wildman–Crippen MR) is 276 cm³/mol. The number of cyclic esters (lactones) is 1. The highest BCUT2D eigenvalue weighted by Crippen LogP contribution is 2.45. The number of hydrazine groups is 2. The average molecular weight is 983 g/mol. The molecule has 1 unspecified atom stereocenters. The molecule has 4 aliphatic rings. The summed E-state index contributed by atoms with van der Waals surface area (Å²) in [5.41, 5.74) is 11.6. The summed E-state index contributed by atoms with van der Waals surface area (Å²) in [5.74, 6) is -0.823. The Morgan fingerprint density at radius 3 is 2.60 bits per heavy atom. The van der Waals surface area contributed by atoms with Crippen LogP contribution in [0.25, 0.3) is 17.3 Å². The molecule has 382 valence electrons. The van der Waals surface area contributed by atoms with Gasteiger partial charge in [-0.15, -0.1) is 5.01 Å². The van der Waals surface area contributed by atoms with Crippen molar-refractivity contribution in [3.8, 4) is 17.0 Å². The van der Waals surface area contributed by atoms with Crippen molar-refractivity contribution in [2.75, 3.05) is 34.4 Å². The number of benzene rings is 2. The summed E-state index contributed by atoms with van der Waals surface area (Å²) in [6.07, 6.45) is 12.5. The van der Waals surface area contributed by atoms with Crippen molar-refractivity contribution < 1.29 is 33.5 Å². The first kappa shape index (κ1) is 51.9. The van der Waals surface area contributed by atoms with Gasteiger partial charge in [0.2, 0.25) is 11.9 Å². The Hall–Kier alpha value is -6.48. The van der Waals surface area contributed by atoms with Crippen molar-refractivity contribution >= 4 is 35.6 Å². The average Bonchev–Trinajstić information content (AvgIpc) is 3.96. The highest BCUT2D eigenvalue weighted by molar-refractivity contribution is 5.90. The van der Waals surface area contributed by atoms with Crippen molar-refractivity contribution in [2.24, 2.45) is 21.3 Å². The van der Waals surface area contributed by atoms with Gasteiger partial charge in [-0.25, -0.2) is 10.4 Å². The monoisotopic (exact) mass is 983 g/mol. The maximum atomic E-state index is 14.9. The van der Waals surface area contributed by atoms with Crippen LogP contribution in [-0.4, -0.2) is 113 Å². The number of aliphatic imine (C=N–C) groups is 2. The molecule has 16 heteroatoms. The number of ether oxygens (including phenoxy) is 3. The first-order valence-corrected chi connectivity index (χ1v) is 25.5. The van der Waals surface area contributed by atoms with Crippen LogP contribution in [0.4, 0.5) is 5.69 Å². The van der Waals surface area contributed by atoms with E-state index in [0.29, 0.717) is 63.8 Å². The molecule has 4 aromatic rings. The normalized spacial score (nSPS) is 23.3. The number of fused-ring (bicyclic) bond motifs is 6. The van der Waals surface area contributed by atoms with E-state index in [0.717, 1.165) is 50.8 Å². The molecule has 4 heterocycles.